The van der Waals surface area contributed by atoms with Gasteiger partial charge in [0.2, 0.25) is 0 Å². The third-order valence-corrected chi connectivity index (χ3v) is 6.25. The highest BCUT2D eigenvalue weighted by atomic mass is 79.9. The monoisotopic (exact) mass is 454 g/mol. The van der Waals surface area contributed by atoms with Crippen LogP contribution in [-0.2, 0) is 14.8 Å². The molecule has 0 bridgehead atoms. The van der Waals surface area contributed by atoms with Gasteiger partial charge < -0.3 is 4.74 Å². The summed E-state index contributed by atoms with van der Waals surface area (Å²) < 4.78 is 32.8. The molecule has 0 atom stereocenters. The van der Waals surface area contributed by atoms with Crippen molar-refractivity contribution >= 4 is 64.9 Å². The van der Waals surface area contributed by atoms with Gasteiger partial charge in [0.25, 0.3) is 10.0 Å². The van der Waals surface area contributed by atoms with Crippen molar-refractivity contribution in [2.75, 3.05) is 11.8 Å². The molecular weight excluding hydrogens is 448 g/mol. The molecule has 0 aliphatic heterocycles. The van der Waals surface area contributed by atoms with Crippen molar-refractivity contribution in [3.05, 3.63) is 38.3 Å². The number of nitrogens with zero attached hydrogens (tertiary/aromatic N) is 1. The smallest absolute Gasteiger partial charge is 0.358 e. The number of halogens is 2. The fraction of sp³-hybridized carbons (Fsp3) is 0.0909. The van der Waals surface area contributed by atoms with Gasteiger partial charge in [-0.3, -0.25) is 4.72 Å². The topological polar surface area (TPSA) is 85.4 Å². The maximum atomic E-state index is 12.4. The predicted octanol–water partition coefficient (Wildman–Crippen LogP) is 3.26. The summed E-state index contributed by atoms with van der Waals surface area (Å²) in [4.78, 5) is 15.3. The van der Waals surface area contributed by atoms with E-state index in [9.17, 15) is 13.2 Å². The normalized spacial score (nSPS) is 11.2. The molecular formula is C11H8Br2N2O4S2. The average molecular weight is 456 g/mol. The van der Waals surface area contributed by atoms with Gasteiger partial charge in [0, 0.05) is 8.95 Å². The van der Waals surface area contributed by atoms with Gasteiger partial charge in [-0.25, -0.2) is 18.2 Å². The number of thiazole rings is 1. The Kier molecular flexibility index (Phi) is 5.02. The Morgan fingerprint density at radius 3 is 2.76 bits per heavy atom. The van der Waals surface area contributed by atoms with E-state index >= 15 is 0 Å². The van der Waals surface area contributed by atoms with Crippen LogP contribution >= 0.6 is 43.2 Å². The van der Waals surface area contributed by atoms with Crippen molar-refractivity contribution in [1.82, 2.24) is 4.98 Å². The lowest BCUT2D eigenvalue weighted by molar-refractivity contribution is 0.0590. The molecule has 1 aromatic carbocycles. The van der Waals surface area contributed by atoms with Crippen molar-refractivity contribution in [3.8, 4) is 0 Å². The number of esters is 1. The summed E-state index contributed by atoms with van der Waals surface area (Å²) in [5.74, 6) is -0.801. The van der Waals surface area contributed by atoms with E-state index < -0.39 is 16.0 Å². The van der Waals surface area contributed by atoms with Crippen LogP contribution in [-0.4, -0.2) is 26.5 Å². The lowest BCUT2D eigenvalue weighted by atomic mass is 10.3. The molecule has 0 fully saturated rings. The number of benzene rings is 1. The van der Waals surface area contributed by atoms with Gasteiger partial charge in [0.05, 0.1) is 18.3 Å². The molecule has 112 valence electrons. The number of hydrogen-bond donors (Lipinski definition) is 1. The van der Waals surface area contributed by atoms with Crippen LogP contribution in [0.3, 0.4) is 0 Å². The standard InChI is InChI=1S/C11H8Br2N2O4S2/c1-19-10(16)9-11(20-5-14-9)21(17,18)15-8-4-6(12)2-3-7(8)13/h2-5,15H,1H3. The van der Waals surface area contributed by atoms with Crippen molar-refractivity contribution in [3.63, 3.8) is 0 Å². The van der Waals surface area contributed by atoms with Gasteiger partial charge in [-0.1, -0.05) is 15.9 Å². The van der Waals surface area contributed by atoms with E-state index in [4.69, 9.17) is 0 Å². The summed E-state index contributed by atoms with van der Waals surface area (Å²) in [7, 11) is -2.78. The maximum Gasteiger partial charge on any atom is 0.358 e. The lowest BCUT2D eigenvalue weighted by Crippen LogP contribution is -2.16. The number of hydrogen-bond acceptors (Lipinski definition) is 6. The Labute approximate surface area is 141 Å². The Hall–Kier alpha value is -0.970. The highest BCUT2D eigenvalue weighted by molar-refractivity contribution is 9.11. The largest absolute Gasteiger partial charge is 0.464 e. The first-order valence-electron chi connectivity index (χ1n) is 5.35. The van der Waals surface area contributed by atoms with Crippen LogP contribution in [0, 0.1) is 0 Å². The van der Waals surface area contributed by atoms with Gasteiger partial charge in [0.15, 0.2) is 9.90 Å². The van der Waals surface area contributed by atoms with Crippen molar-refractivity contribution in [2.45, 2.75) is 4.21 Å². The van der Waals surface area contributed by atoms with E-state index in [2.05, 4.69) is 46.3 Å². The van der Waals surface area contributed by atoms with Gasteiger partial charge in [0.1, 0.15) is 0 Å². The third kappa shape index (κ3) is 3.62. The number of carbonyl (C=O) groups excluding carboxylic acids is 1. The molecule has 21 heavy (non-hydrogen) atoms. The van der Waals surface area contributed by atoms with E-state index in [-0.39, 0.29) is 9.90 Å². The lowest BCUT2D eigenvalue weighted by Gasteiger charge is -2.09. The van der Waals surface area contributed by atoms with Crippen molar-refractivity contribution in [1.29, 1.82) is 0 Å². The minimum Gasteiger partial charge on any atom is -0.464 e. The number of aromatic nitrogens is 1. The van der Waals surface area contributed by atoms with Crippen LogP contribution in [0.15, 0.2) is 36.9 Å². The summed E-state index contributed by atoms with van der Waals surface area (Å²) in [6.45, 7) is 0. The Morgan fingerprint density at radius 2 is 2.10 bits per heavy atom. The summed E-state index contributed by atoms with van der Waals surface area (Å²) in [5.41, 5.74) is 1.38. The fourth-order valence-electron chi connectivity index (χ4n) is 1.43. The van der Waals surface area contributed by atoms with Gasteiger partial charge in [-0.15, -0.1) is 11.3 Å². The second-order valence-corrected chi connectivity index (χ2v) is 8.21. The van der Waals surface area contributed by atoms with Gasteiger partial charge in [-0.05, 0) is 34.1 Å². The average Bonchev–Trinajstić information content (AvgIpc) is 2.92. The number of carbonyl (C=O) groups is 1. The predicted molar refractivity (Wildman–Crippen MR) is 86.1 cm³/mol. The van der Waals surface area contributed by atoms with Crippen LogP contribution in [0.25, 0.3) is 0 Å². The Bertz CT molecular complexity index is 789. The number of ether oxygens (including phenoxy) is 1. The molecule has 0 saturated carbocycles. The number of methoxy groups -OCH3 is 1. The zero-order chi connectivity index (χ0) is 15.6. The number of anilines is 1. The van der Waals surface area contributed by atoms with Crippen LogP contribution < -0.4 is 4.72 Å². The van der Waals surface area contributed by atoms with Crippen molar-refractivity contribution < 1.29 is 17.9 Å². The first kappa shape index (κ1) is 16.4. The van der Waals surface area contributed by atoms with Crippen LogP contribution in [0.2, 0.25) is 0 Å². The van der Waals surface area contributed by atoms with Crippen LogP contribution in [0.4, 0.5) is 5.69 Å². The molecule has 0 saturated heterocycles. The minimum atomic E-state index is -3.94. The molecule has 1 N–H and O–H groups in total. The molecule has 0 unspecified atom stereocenters. The quantitative estimate of drug-likeness (QED) is 0.715. The summed E-state index contributed by atoms with van der Waals surface area (Å²) in [5, 5.41) is 0. The molecule has 0 aliphatic rings. The van der Waals surface area contributed by atoms with E-state index in [1.54, 1.807) is 18.2 Å². The molecule has 2 aromatic rings. The number of rotatable bonds is 4. The van der Waals surface area contributed by atoms with Crippen LogP contribution in [0.5, 0.6) is 0 Å². The minimum absolute atomic E-state index is 0.193. The SMILES string of the molecule is COC(=O)c1ncsc1S(=O)(=O)Nc1cc(Br)ccc1Br. The molecule has 1 heterocycles. The van der Waals surface area contributed by atoms with Gasteiger partial charge >= 0.3 is 5.97 Å². The Morgan fingerprint density at radius 1 is 1.38 bits per heavy atom. The second kappa shape index (κ2) is 6.42. The fourth-order valence-corrected chi connectivity index (χ4v) is 4.47. The van der Waals surface area contributed by atoms with E-state index in [1.165, 1.54) is 5.51 Å². The Balaban J connectivity index is 2.42. The molecule has 0 aliphatic carbocycles. The highest BCUT2D eigenvalue weighted by Gasteiger charge is 2.27. The number of sulfonamides is 1. The highest BCUT2D eigenvalue weighted by Crippen LogP contribution is 2.30. The summed E-state index contributed by atoms with van der Waals surface area (Å²) >= 11 is 7.36. The number of nitrogens with one attached hydrogen (secondary N) is 1. The third-order valence-electron chi connectivity index (χ3n) is 2.33. The van der Waals surface area contributed by atoms with Crippen LogP contribution in [0.1, 0.15) is 10.5 Å². The molecule has 6 nitrogen and oxygen atoms in total. The summed E-state index contributed by atoms with van der Waals surface area (Å²) in [6.07, 6.45) is 0. The summed E-state index contributed by atoms with van der Waals surface area (Å²) in [6, 6.07) is 5.05. The molecule has 10 heteroatoms. The van der Waals surface area contributed by atoms with Gasteiger partial charge in [-0.2, -0.15) is 0 Å². The first-order valence-corrected chi connectivity index (χ1v) is 9.29. The second-order valence-electron chi connectivity index (χ2n) is 3.71. The zero-order valence-corrected chi connectivity index (χ0v) is 15.3. The maximum absolute atomic E-state index is 12.4. The molecule has 0 spiro atoms. The van der Waals surface area contributed by atoms with Crippen molar-refractivity contribution in [2.24, 2.45) is 0 Å². The zero-order valence-electron chi connectivity index (χ0n) is 10.5. The molecule has 0 amide bonds. The first-order chi connectivity index (χ1) is 9.85. The molecule has 1 aromatic heterocycles. The van der Waals surface area contributed by atoms with E-state index in [1.807, 2.05) is 0 Å². The molecule has 2 rings (SSSR count). The van der Waals surface area contributed by atoms with E-state index in [0.717, 1.165) is 18.4 Å². The van der Waals surface area contributed by atoms with E-state index in [0.29, 0.717) is 14.6 Å². The molecule has 0 radical (unpaired) electrons.